The van der Waals surface area contributed by atoms with Gasteiger partial charge in [0.1, 0.15) is 5.75 Å². The Labute approximate surface area is 148 Å². The fourth-order valence-electron chi connectivity index (χ4n) is 2.36. The van der Waals surface area contributed by atoms with E-state index in [0.29, 0.717) is 10.7 Å². The van der Waals surface area contributed by atoms with Crippen LogP contribution in [0.5, 0.6) is 5.75 Å². The summed E-state index contributed by atoms with van der Waals surface area (Å²) in [7, 11) is 0. The molecule has 0 spiro atoms. The maximum atomic E-state index is 12.1. The van der Waals surface area contributed by atoms with Crippen LogP contribution in [0.25, 0.3) is 0 Å². The molecule has 0 heterocycles. The molecule has 0 aliphatic carbocycles. The number of carbonyl (C=O) groups is 1. The van der Waals surface area contributed by atoms with E-state index in [1.807, 2.05) is 64.1 Å². The Kier molecular flexibility index (Phi) is 6.10. The van der Waals surface area contributed by atoms with E-state index in [4.69, 9.17) is 16.3 Å². The molecule has 0 bridgehead atoms. The van der Waals surface area contributed by atoms with Crippen molar-refractivity contribution in [3.63, 3.8) is 0 Å². The van der Waals surface area contributed by atoms with Gasteiger partial charge in [-0.15, -0.1) is 0 Å². The molecule has 0 saturated heterocycles. The number of rotatable bonds is 6. The Hall–Kier alpha value is -2.20. The SMILES string of the molecule is Cc1cc(C)c(NC(=O)CNc2ccc(OC(C)C)cc2)c(Cl)c1. The highest BCUT2D eigenvalue weighted by Crippen LogP contribution is 2.27. The quantitative estimate of drug-likeness (QED) is 0.790. The van der Waals surface area contributed by atoms with Crippen LogP contribution in [0, 0.1) is 13.8 Å². The number of anilines is 2. The second kappa shape index (κ2) is 8.06. The molecule has 4 nitrogen and oxygen atoms in total. The van der Waals surface area contributed by atoms with Crippen LogP contribution < -0.4 is 15.4 Å². The predicted octanol–water partition coefficient (Wildman–Crippen LogP) is 4.79. The van der Waals surface area contributed by atoms with E-state index in [9.17, 15) is 4.79 Å². The summed E-state index contributed by atoms with van der Waals surface area (Å²) < 4.78 is 5.59. The number of benzene rings is 2. The summed E-state index contributed by atoms with van der Waals surface area (Å²) in [5.41, 5.74) is 3.53. The van der Waals surface area contributed by atoms with Crippen LogP contribution in [0.15, 0.2) is 36.4 Å². The van der Waals surface area contributed by atoms with E-state index in [0.717, 1.165) is 22.6 Å². The van der Waals surface area contributed by atoms with E-state index in [1.54, 1.807) is 0 Å². The van der Waals surface area contributed by atoms with Crippen LogP contribution in [-0.2, 0) is 4.79 Å². The number of hydrogen-bond acceptors (Lipinski definition) is 3. The van der Waals surface area contributed by atoms with Gasteiger partial charge in [0.25, 0.3) is 0 Å². The molecule has 24 heavy (non-hydrogen) atoms. The topological polar surface area (TPSA) is 50.4 Å². The Morgan fingerprint density at radius 1 is 1.17 bits per heavy atom. The second-order valence-corrected chi connectivity index (χ2v) is 6.44. The van der Waals surface area contributed by atoms with Crippen LogP contribution in [-0.4, -0.2) is 18.6 Å². The fraction of sp³-hybridized carbons (Fsp3) is 0.316. The molecule has 2 aromatic rings. The van der Waals surface area contributed by atoms with Gasteiger partial charge in [-0.3, -0.25) is 4.79 Å². The molecule has 1 amide bonds. The van der Waals surface area contributed by atoms with Crippen molar-refractivity contribution in [2.24, 2.45) is 0 Å². The molecule has 0 unspecified atom stereocenters. The lowest BCUT2D eigenvalue weighted by Crippen LogP contribution is -2.22. The lowest BCUT2D eigenvalue weighted by atomic mass is 10.1. The van der Waals surface area contributed by atoms with Crippen LogP contribution in [0.2, 0.25) is 5.02 Å². The van der Waals surface area contributed by atoms with Gasteiger partial charge in [0.2, 0.25) is 5.91 Å². The van der Waals surface area contributed by atoms with Crippen LogP contribution in [0.1, 0.15) is 25.0 Å². The number of ether oxygens (including phenoxy) is 1. The minimum absolute atomic E-state index is 0.136. The van der Waals surface area contributed by atoms with Crippen molar-refractivity contribution < 1.29 is 9.53 Å². The van der Waals surface area contributed by atoms with Gasteiger partial charge in [-0.05, 0) is 69.2 Å². The number of nitrogens with one attached hydrogen (secondary N) is 2. The van der Waals surface area contributed by atoms with E-state index < -0.39 is 0 Å². The molecule has 2 aromatic carbocycles. The second-order valence-electron chi connectivity index (χ2n) is 6.03. The molecule has 0 aliphatic rings. The average Bonchev–Trinajstić information content (AvgIpc) is 2.49. The molecule has 0 aliphatic heterocycles. The van der Waals surface area contributed by atoms with Gasteiger partial charge in [-0.1, -0.05) is 17.7 Å². The molecular formula is C19H23ClN2O2. The molecule has 128 valence electrons. The van der Waals surface area contributed by atoms with E-state index in [2.05, 4.69) is 10.6 Å². The molecule has 0 fully saturated rings. The van der Waals surface area contributed by atoms with Crippen molar-refractivity contribution in [3.8, 4) is 5.75 Å². The van der Waals surface area contributed by atoms with E-state index in [1.165, 1.54) is 0 Å². The zero-order valence-corrected chi connectivity index (χ0v) is 15.2. The van der Waals surface area contributed by atoms with Crippen LogP contribution in [0.4, 0.5) is 11.4 Å². The number of aryl methyl sites for hydroxylation is 2. The first-order chi connectivity index (χ1) is 11.3. The third-order valence-corrected chi connectivity index (χ3v) is 3.67. The van der Waals surface area contributed by atoms with Crippen molar-refractivity contribution >= 4 is 28.9 Å². The highest BCUT2D eigenvalue weighted by atomic mass is 35.5. The average molecular weight is 347 g/mol. The highest BCUT2D eigenvalue weighted by molar-refractivity contribution is 6.34. The van der Waals surface area contributed by atoms with Gasteiger partial charge in [0.05, 0.1) is 23.4 Å². The molecule has 0 radical (unpaired) electrons. The molecule has 0 atom stereocenters. The van der Waals surface area contributed by atoms with E-state index >= 15 is 0 Å². The summed E-state index contributed by atoms with van der Waals surface area (Å²) in [5, 5.41) is 6.49. The van der Waals surface area contributed by atoms with Crippen molar-refractivity contribution in [2.75, 3.05) is 17.2 Å². The Bertz CT molecular complexity index is 689. The summed E-state index contributed by atoms with van der Waals surface area (Å²) in [4.78, 5) is 12.1. The van der Waals surface area contributed by atoms with Crippen molar-refractivity contribution in [3.05, 3.63) is 52.5 Å². The Balaban J connectivity index is 1.92. The van der Waals surface area contributed by atoms with Gasteiger partial charge >= 0.3 is 0 Å². The molecule has 0 saturated carbocycles. The maximum absolute atomic E-state index is 12.1. The van der Waals surface area contributed by atoms with Crippen molar-refractivity contribution in [1.82, 2.24) is 0 Å². The summed E-state index contributed by atoms with van der Waals surface area (Å²) in [6, 6.07) is 11.3. The summed E-state index contributed by atoms with van der Waals surface area (Å²) in [6.07, 6.45) is 0.136. The number of amides is 1. The van der Waals surface area contributed by atoms with Crippen molar-refractivity contribution in [1.29, 1.82) is 0 Å². The highest BCUT2D eigenvalue weighted by Gasteiger charge is 2.09. The minimum atomic E-state index is -0.147. The van der Waals surface area contributed by atoms with E-state index in [-0.39, 0.29) is 18.6 Å². The number of carbonyl (C=O) groups excluding carboxylic acids is 1. The monoisotopic (exact) mass is 346 g/mol. The standard InChI is InChI=1S/C19H23ClN2O2/c1-12(2)24-16-7-5-15(6-8-16)21-11-18(23)22-19-14(4)9-13(3)10-17(19)20/h5-10,12,21H,11H2,1-4H3,(H,22,23). The third-order valence-electron chi connectivity index (χ3n) is 3.38. The summed E-state index contributed by atoms with van der Waals surface area (Å²) >= 11 is 6.21. The molecule has 5 heteroatoms. The minimum Gasteiger partial charge on any atom is -0.491 e. The van der Waals surface area contributed by atoms with Gasteiger partial charge in [0, 0.05) is 5.69 Å². The van der Waals surface area contributed by atoms with Gasteiger partial charge in [-0.25, -0.2) is 0 Å². The first-order valence-corrected chi connectivity index (χ1v) is 8.30. The molecular weight excluding hydrogens is 324 g/mol. The molecule has 2 N–H and O–H groups in total. The summed E-state index contributed by atoms with van der Waals surface area (Å²) in [5.74, 6) is 0.661. The Morgan fingerprint density at radius 3 is 2.42 bits per heavy atom. The Morgan fingerprint density at radius 2 is 1.83 bits per heavy atom. The normalized spacial score (nSPS) is 10.6. The van der Waals surface area contributed by atoms with Crippen LogP contribution in [0.3, 0.4) is 0 Å². The van der Waals surface area contributed by atoms with Gasteiger partial charge in [-0.2, -0.15) is 0 Å². The third kappa shape index (κ3) is 5.17. The zero-order chi connectivity index (χ0) is 17.7. The molecule has 2 rings (SSSR count). The molecule has 0 aromatic heterocycles. The number of halogens is 1. The lowest BCUT2D eigenvalue weighted by molar-refractivity contribution is -0.114. The first kappa shape index (κ1) is 18.1. The zero-order valence-electron chi connectivity index (χ0n) is 14.4. The predicted molar refractivity (Wildman–Crippen MR) is 100 cm³/mol. The van der Waals surface area contributed by atoms with Gasteiger partial charge < -0.3 is 15.4 Å². The smallest absolute Gasteiger partial charge is 0.243 e. The first-order valence-electron chi connectivity index (χ1n) is 7.92. The summed E-state index contributed by atoms with van der Waals surface area (Å²) in [6.45, 7) is 8.02. The fourth-order valence-corrected chi connectivity index (χ4v) is 2.73. The van der Waals surface area contributed by atoms with Gasteiger partial charge in [0.15, 0.2) is 0 Å². The number of hydrogen-bond donors (Lipinski definition) is 2. The van der Waals surface area contributed by atoms with Crippen LogP contribution >= 0.6 is 11.6 Å². The van der Waals surface area contributed by atoms with Crippen molar-refractivity contribution in [2.45, 2.75) is 33.8 Å². The largest absolute Gasteiger partial charge is 0.491 e. The maximum Gasteiger partial charge on any atom is 0.243 e. The lowest BCUT2D eigenvalue weighted by Gasteiger charge is -2.13.